The van der Waals surface area contributed by atoms with Gasteiger partial charge in [-0.15, -0.1) is 0 Å². The Morgan fingerprint density at radius 3 is 2.48 bits per heavy atom. The molecule has 7 nitrogen and oxygen atoms in total. The van der Waals surface area contributed by atoms with Crippen LogP contribution in [0.4, 0.5) is 4.39 Å². The highest BCUT2D eigenvalue weighted by Crippen LogP contribution is 2.26. The Morgan fingerprint density at radius 1 is 1.14 bits per heavy atom. The van der Waals surface area contributed by atoms with Crippen molar-refractivity contribution in [3.8, 4) is 0 Å². The molecule has 2 aliphatic rings. The molecule has 2 aromatic rings. The maximum atomic E-state index is 13.6. The first-order valence-electron chi connectivity index (χ1n) is 10.3. The van der Waals surface area contributed by atoms with Crippen LogP contribution in [0.3, 0.4) is 0 Å². The van der Waals surface area contributed by atoms with Gasteiger partial charge in [0, 0.05) is 68.5 Å². The minimum Gasteiger partial charge on any atom is -0.387 e. The number of benzene rings is 1. The van der Waals surface area contributed by atoms with Crippen LogP contribution in [0.5, 0.6) is 0 Å². The number of piperazine rings is 1. The van der Waals surface area contributed by atoms with Gasteiger partial charge in [-0.2, -0.15) is 17.0 Å². The second kappa shape index (κ2) is 8.31. The van der Waals surface area contributed by atoms with E-state index in [0.717, 1.165) is 18.4 Å². The number of nitrogens with zero attached hydrogens (tertiary/aromatic N) is 3. The van der Waals surface area contributed by atoms with Gasteiger partial charge in [0.2, 0.25) is 0 Å². The number of hydrogen-bond donors (Lipinski definition) is 2. The van der Waals surface area contributed by atoms with E-state index in [0.29, 0.717) is 62.7 Å². The summed E-state index contributed by atoms with van der Waals surface area (Å²) < 4.78 is 42.5. The summed E-state index contributed by atoms with van der Waals surface area (Å²) in [4.78, 5) is 5.12. The zero-order valence-electron chi connectivity index (χ0n) is 16.7. The molecule has 0 unspecified atom stereocenters. The number of fused-ring (bicyclic) bond motifs is 1. The van der Waals surface area contributed by atoms with Crippen LogP contribution in [0.15, 0.2) is 24.4 Å². The summed E-state index contributed by atoms with van der Waals surface area (Å²) in [5.74, 6) is 0.245. The van der Waals surface area contributed by atoms with E-state index < -0.39 is 16.3 Å². The zero-order chi connectivity index (χ0) is 20.6. The summed E-state index contributed by atoms with van der Waals surface area (Å²) in [6.07, 6.45) is 2.78. The van der Waals surface area contributed by atoms with Crippen LogP contribution >= 0.6 is 0 Å². The molecule has 0 aliphatic carbocycles. The first kappa shape index (κ1) is 20.7. The van der Waals surface area contributed by atoms with Crippen molar-refractivity contribution >= 4 is 21.1 Å². The second-order valence-corrected chi connectivity index (χ2v) is 10.2. The van der Waals surface area contributed by atoms with Crippen molar-refractivity contribution < 1.29 is 17.9 Å². The minimum atomic E-state index is -3.41. The van der Waals surface area contributed by atoms with Crippen LogP contribution in [0.2, 0.25) is 0 Å². The lowest BCUT2D eigenvalue weighted by Crippen LogP contribution is -2.54. The third-order valence-electron chi connectivity index (χ3n) is 6.19. The zero-order valence-corrected chi connectivity index (χ0v) is 17.5. The van der Waals surface area contributed by atoms with Gasteiger partial charge in [-0.1, -0.05) is 6.92 Å². The van der Waals surface area contributed by atoms with Gasteiger partial charge in [0.05, 0.1) is 6.10 Å². The monoisotopic (exact) mass is 424 g/mol. The molecule has 2 aliphatic heterocycles. The Hall–Kier alpha value is -1.52. The lowest BCUT2D eigenvalue weighted by atomic mass is 10.0. The van der Waals surface area contributed by atoms with E-state index in [1.54, 1.807) is 20.9 Å². The predicted octanol–water partition coefficient (Wildman–Crippen LogP) is 1.93. The van der Waals surface area contributed by atoms with Crippen LogP contribution in [-0.4, -0.2) is 77.8 Å². The molecular formula is C20H29FN4O3S. The fourth-order valence-electron chi connectivity index (χ4n) is 4.25. The summed E-state index contributed by atoms with van der Waals surface area (Å²) in [5, 5.41) is 11.4. The van der Waals surface area contributed by atoms with Crippen molar-refractivity contribution in [3.05, 3.63) is 35.8 Å². The van der Waals surface area contributed by atoms with Gasteiger partial charge in [-0.25, -0.2) is 4.39 Å². The fourth-order valence-corrected chi connectivity index (χ4v) is 5.88. The molecule has 0 spiro atoms. The van der Waals surface area contributed by atoms with E-state index in [1.807, 2.05) is 0 Å². The number of H-pyrrole nitrogens is 1. The molecule has 1 aromatic carbocycles. The van der Waals surface area contributed by atoms with Crippen molar-refractivity contribution in [1.29, 1.82) is 0 Å². The Morgan fingerprint density at radius 2 is 1.79 bits per heavy atom. The minimum absolute atomic E-state index is 0.337. The van der Waals surface area contributed by atoms with Gasteiger partial charge >= 0.3 is 0 Å². The lowest BCUT2D eigenvalue weighted by molar-refractivity contribution is 0.0911. The van der Waals surface area contributed by atoms with Crippen molar-refractivity contribution in [1.82, 2.24) is 18.5 Å². The van der Waals surface area contributed by atoms with Crippen molar-refractivity contribution in [2.24, 2.45) is 5.92 Å². The van der Waals surface area contributed by atoms with E-state index in [9.17, 15) is 17.9 Å². The summed E-state index contributed by atoms with van der Waals surface area (Å²) in [7, 11) is -3.41. The molecule has 3 heterocycles. The highest BCUT2D eigenvalue weighted by molar-refractivity contribution is 7.86. The summed E-state index contributed by atoms with van der Waals surface area (Å²) in [6, 6.07) is 4.47. The maximum absolute atomic E-state index is 13.6. The highest BCUT2D eigenvalue weighted by atomic mass is 32.2. The number of rotatable bonds is 5. The van der Waals surface area contributed by atoms with Gasteiger partial charge < -0.3 is 10.1 Å². The lowest BCUT2D eigenvalue weighted by Gasteiger charge is -2.38. The van der Waals surface area contributed by atoms with E-state index in [2.05, 4.69) is 16.8 Å². The van der Waals surface area contributed by atoms with Crippen molar-refractivity contribution in [2.75, 3.05) is 45.8 Å². The number of nitrogens with one attached hydrogen (secondary N) is 1. The number of halogens is 1. The molecule has 2 fully saturated rings. The van der Waals surface area contributed by atoms with Crippen LogP contribution in [0.25, 0.3) is 10.9 Å². The third-order valence-corrected chi connectivity index (χ3v) is 8.23. The van der Waals surface area contributed by atoms with Crippen LogP contribution < -0.4 is 0 Å². The summed E-state index contributed by atoms with van der Waals surface area (Å²) in [6.45, 7) is 5.72. The first-order valence-corrected chi connectivity index (χ1v) is 11.7. The van der Waals surface area contributed by atoms with Crippen molar-refractivity contribution in [2.45, 2.75) is 25.9 Å². The molecule has 0 bridgehead atoms. The van der Waals surface area contributed by atoms with Crippen LogP contribution in [-0.2, 0) is 10.2 Å². The Kier molecular flexibility index (Phi) is 5.94. The Bertz CT molecular complexity index is 948. The molecule has 0 saturated carbocycles. The average Bonchev–Trinajstić information content (AvgIpc) is 3.12. The highest BCUT2D eigenvalue weighted by Gasteiger charge is 2.34. The van der Waals surface area contributed by atoms with Gasteiger partial charge in [0.1, 0.15) is 5.82 Å². The molecule has 4 rings (SSSR count). The quantitative estimate of drug-likeness (QED) is 0.769. The number of aliphatic hydroxyl groups is 1. The van der Waals surface area contributed by atoms with E-state index >= 15 is 0 Å². The number of β-amino-alcohol motifs (C(OH)–C–C–N with tert-alkyl or cyclic N) is 1. The third kappa shape index (κ3) is 4.34. The Labute approximate surface area is 171 Å². The maximum Gasteiger partial charge on any atom is 0.282 e. The molecule has 1 atom stereocenters. The van der Waals surface area contributed by atoms with Gasteiger partial charge in [0.15, 0.2) is 0 Å². The molecule has 2 saturated heterocycles. The smallest absolute Gasteiger partial charge is 0.282 e. The fraction of sp³-hybridized carbons (Fsp3) is 0.600. The number of aromatic amines is 1. The molecule has 9 heteroatoms. The second-order valence-electron chi connectivity index (χ2n) is 8.24. The van der Waals surface area contributed by atoms with E-state index in [1.165, 1.54) is 12.1 Å². The largest absolute Gasteiger partial charge is 0.387 e. The Balaban J connectivity index is 1.35. The molecule has 160 valence electrons. The van der Waals surface area contributed by atoms with E-state index in [-0.39, 0.29) is 5.82 Å². The molecule has 2 N–H and O–H groups in total. The standard InChI is InChI=1S/C20H29FN4O3S/c1-15-4-6-24(7-5-15)29(27,28)25-10-8-23(9-11-25)14-20(26)18-13-22-19-3-2-16(21)12-17(18)19/h2-3,12-13,15,20,22,26H,4-11,14H2,1H3/t20-/m0/s1. The van der Waals surface area contributed by atoms with Crippen LogP contribution in [0.1, 0.15) is 31.4 Å². The van der Waals surface area contributed by atoms with Crippen molar-refractivity contribution in [3.63, 3.8) is 0 Å². The normalized spacial score (nSPS) is 22.3. The van der Waals surface area contributed by atoms with E-state index in [4.69, 9.17) is 0 Å². The molecular weight excluding hydrogens is 395 g/mol. The average molecular weight is 425 g/mol. The molecule has 1 aromatic heterocycles. The number of hydrogen-bond acceptors (Lipinski definition) is 4. The number of aromatic nitrogens is 1. The summed E-state index contributed by atoms with van der Waals surface area (Å²) in [5.41, 5.74) is 1.45. The molecule has 0 amide bonds. The van der Waals surface area contributed by atoms with Crippen LogP contribution in [0, 0.1) is 11.7 Å². The molecule has 29 heavy (non-hydrogen) atoms. The predicted molar refractivity (Wildman–Crippen MR) is 110 cm³/mol. The number of aliphatic hydroxyl groups excluding tert-OH is 1. The first-order chi connectivity index (χ1) is 13.8. The van der Waals surface area contributed by atoms with Gasteiger partial charge in [0.25, 0.3) is 10.2 Å². The molecule has 0 radical (unpaired) electrons. The van der Waals surface area contributed by atoms with Gasteiger partial charge in [-0.05, 0) is 37.0 Å². The number of piperidine rings is 1. The topological polar surface area (TPSA) is 79.9 Å². The van der Waals surface area contributed by atoms with Gasteiger partial charge in [-0.3, -0.25) is 4.90 Å². The SMILES string of the molecule is CC1CCN(S(=O)(=O)N2CCN(C[C@H](O)c3c[nH]c4ccc(F)cc34)CC2)CC1. The summed E-state index contributed by atoms with van der Waals surface area (Å²) >= 11 is 0.